The van der Waals surface area contributed by atoms with Gasteiger partial charge in [-0.05, 0) is 49.1 Å². The van der Waals surface area contributed by atoms with Crippen molar-refractivity contribution in [2.24, 2.45) is 0 Å². The molecule has 0 radical (unpaired) electrons. The Bertz CT molecular complexity index is 910. The van der Waals surface area contributed by atoms with Crippen LogP contribution in [0.3, 0.4) is 0 Å². The zero-order valence-corrected chi connectivity index (χ0v) is 16.1. The minimum absolute atomic E-state index is 0.162. The summed E-state index contributed by atoms with van der Waals surface area (Å²) in [6.45, 7) is 5.09. The van der Waals surface area contributed by atoms with Gasteiger partial charge in [-0.15, -0.1) is 0 Å². The predicted molar refractivity (Wildman–Crippen MR) is 104 cm³/mol. The molecule has 5 nitrogen and oxygen atoms in total. The van der Waals surface area contributed by atoms with E-state index in [1.807, 2.05) is 13.0 Å². The highest BCUT2D eigenvalue weighted by Crippen LogP contribution is 2.36. The van der Waals surface area contributed by atoms with E-state index in [0.29, 0.717) is 37.7 Å². The first-order valence-corrected chi connectivity index (χ1v) is 9.92. The standard InChI is InChI=1S/C22H25FN2O3/c1-15-13-19(17-3-2-4-17)28-22(27)20(15)21(26)25-11-9-24(10-12-25)14-16-5-7-18(23)8-6-16/h5-8,13,17H,2-4,9-12,14H2,1H3. The lowest BCUT2D eigenvalue weighted by atomic mass is 9.83. The molecule has 1 amide bonds. The molecule has 0 bridgehead atoms. The summed E-state index contributed by atoms with van der Waals surface area (Å²) in [6, 6.07) is 8.36. The van der Waals surface area contributed by atoms with Gasteiger partial charge in [0, 0.05) is 38.6 Å². The van der Waals surface area contributed by atoms with Crippen molar-refractivity contribution in [1.82, 2.24) is 9.80 Å². The number of carbonyl (C=O) groups is 1. The first-order valence-electron chi connectivity index (χ1n) is 9.92. The molecule has 1 aliphatic heterocycles. The number of aryl methyl sites for hydroxylation is 1. The molecule has 1 saturated heterocycles. The third-order valence-electron chi connectivity index (χ3n) is 5.87. The molecule has 0 unspecified atom stereocenters. The van der Waals surface area contributed by atoms with Crippen LogP contribution in [0.4, 0.5) is 4.39 Å². The van der Waals surface area contributed by atoms with Crippen molar-refractivity contribution in [3.05, 3.63) is 69.0 Å². The molecular weight excluding hydrogens is 359 g/mol. The highest BCUT2D eigenvalue weighted by atomic mass is 19.1. The number of nitrogens with zero attached hydrogens (tertiary/aromatic N) is 2. The second-order valence-corrected chi connectivity index (χ2v) is 7.82. The van der Waals surface area contributed by atoms with Crippen molar-refractivity contribution in [2.75, 3.05) is 26.2 Å². The van der Waals surface area contributed by atoms with Crippen molar-refractivity contribution in [2.45, 2.75) is 38.6 Å². The number of piperazine rings is 1. The average Bonchev–Trinajstić information content (AvgIpc) is 2.62. The molecule has 0 atom stereocenters. The van der Waals surface area contributed by atoms with Crippen LogP contribution < -0.4 is 5.63 Å². The van der Waals surface area contributed by atoms with Gasteiger partial charge in [-0.3, -0.25) is 9.69 Å². The van der Waals surface area contributed by atoms with Crippen LogP contribution in [-0.2, 0) is 6.54 Å². The second kappa shape index (κ2) is 7.87. The Morgan fingerprint density at radius 3 is 2.39 bits per heavy atom. The summed E-state index contributed by atoms with van der Waals surface area (Å²) in [4.78, 5) is 29.3. The number of amides is 1. The van der Waals surface area contributed by atoms with E-state index in [-0.39, 0.29) is 17.3 Å². The monoisotopic (exact) mass is 384 g/mol. The van der Waals surface area contributed by atoms with Crippen molar-refractivity contribution < 1.29 is 13.6 Å². The number of carbonyl (C=O) groups excluding carboxylic acids is 1. The summed E-state index contributed by atoms with van der Waals surface area (Å²) >= 11 is 0. The van der Waals surface area contributed by atoms with E-state index in [9.17, 15) is 14.0 Å². The Balaban J connectivity index is 1.40. The highest BCUT2D eigenvalue weighted by Gasteiger charge is 2.28. The minimum Gasteiger partial charge on any atom is -0.427 e. The van der Waals surface area contributed by atoms with E-state index >= 15 is 0 Å². The Morgan fingerprint density at radius 2 is 1.82 bits per heavy atom. The number of hydrogen-bond acceptors (Lipinski definition) is 4. The molecule has 2 fully saturated rings. The van der Waals surface area contributed by atoms with Crippen LogP contribution in [0.5, 0.6) is 0 Å². The van der Waals surface area contributed by atoms with E-state index in [1.165, 1.54) is 12.1 Å². The maximum Gasteiger partial charge on any atom is 0.349 e. The van der Waals surface area contributed by atoms with Gasteiger partial charge in [-0.2, -0.15) is 0 Å². The molecular formula is C22H25FN2O3. The highest BCUT2D eigenvalue weighted by molar-refractivity contribution is 5.95. The topological polar surface area (TPSA) is 53.8 Å². The fourth-order valence-electron chi connectivity index (χ4n) is 3.90. The number of halogens is 1. The molecule has 2 aliphatic rings. The summed E-state index contributed by atoms with van der Waals surface area (Å²) in [5.41, 5.74) is 1.40. The molecule has 1 aromatic carbocycles. The first kappa shape index (κ1) is 18.9. The molecule has 1 aromatic heterocycles. The zero-order chi connectivity index (χ0) is 19.7. The van der Waals surface area contributed by atoms with Gasteiger partial charge < -0.3 is 9.32 Å². The Labute approximate surface area is 163 Å². The molecule has 1 saturated carbocycles. The molecule has 148 valence electrons. The Morgan fingerprint density at radius 1 is 1.14 bits per heavy atom. The molecule has 2 aromatic rings. The van der Waals surface area contributed by atoms with E-state index in [1.54, 1.807) is 17.0 Å². The normalized spacial score (nSPS) is 18.1. The van der Waals surface area contributed by atoms with Crippen molar-refractivity contribution >= 4 is 5.91 Å². The van der Waals surface area contributed by atoms with E-state index in [2.05, 4.69) is 4.90 Å². The van der Waals surface area contributed by atoms with Gasteiger partial charge in [-0.25, -0.2) is 9.18 Å². The van der Waals surface area contributed by atoms with Crippen LogP contribution in [-0.4, -0.2) is 41.9 Å². The van der Waals surface area contributed by atoms with Gasteiger partial charge in [0.15, 0.2) is 0 Å². The maximum absolute atomic E-state index is 13.0. The predicted octanol–water partition coefficient (Wildman–Crippen LogP) is 3.31. The van der Waals surface area contributed by atoms with Crippen LogP contribution in [0.2, 0.25) is 0 Å². The summed E-state index contributed by atoms with van der Waals surface area (Å²) in [5.74, 6) is 0.560. The largest absolute Gasteiger partial charge is 0.427 e. The van der Waals surface area contributed by atoms with Gasteiger partial charge in [0.2, 0.25) is 0 Å². The number of rotatable bonds is 4. The van der Waals surface area contributed by atoms with Gasteiger partial charge in [0.05, 0.1) is 0 Å². The Hall–Kier alpha value is -2.47. The molecule has 4 rings (SSSR count). The van der Waals surface area contributed by atoms with E-state index in [4.69, 9.17) is 4.42 Å². The van der Waals surface area contributed by atoms with E-state index < -0.39 is 5.63 Å². The molecule has 0 N–H and O–H groups in total. The van der Waals surface area contributed by atoms with Crippen LogP contribution in [0.15, 0.2) is 39.5 Å². The Kier molecular flexibility index (Phi) is 5.31. The van der Waals surface area contributed by atoms with Crippen molar-refractivity contribution in [3.8, 4) is 0 Å². The maximum atomic E-state index is 13.0. The van der Waals surface area contributed by atoms with Crippen LogP contribution in [0.1, 0.15) is 52.4 Å². The van der Waals surface area contributed by atoms with Gasteiger partial charge in [-0.1, -0.05) is 18.6 Å². The minimum atomic E-state index is -0.513. The molecule has 28 heavy (non-hydrogen) atoms. The van der Waals surface area contributed by atoms with Crippen molar-refractivity contribution in [1.29, 1.82) is 0 Å². The van der Waals surface area contributed by atoms with Crippen LogP contribution in [0, 0.1) is 12.7 Å². The fourth-order valence-corrected chi connectivity index (χ4v) is 3.90. The quantitative estimate of drug-likeness (QED) is 0.812. The fraction of sp³-hybridized carbons (Fsp3) is 0.455. The first-order chi connectivity index (χ1) is 13.5. The average molecular weight is 384 g/mol. The smallest absolute Gasteiger partial charge is 0.349 e. The van der Waals surface area contributed by atoms with Gasteiger partial charge >= 0.3 is 5.63 Å². The third-order valence-corrected chi connectivity index (χ3v) is 5.87. The lowest BCUT2D eigenvalue weighted by Crippen LogP contribution is -2.49. The molecule has 2 heterocycles. The lowest BCUT2D eigenvalue weighted by molar-refractivity contribution is 0.0622. The molecule has 1 aliphatic carbocycles. The summed E-state index contributed by atoms with van der Waals surface area (Å²) in [7, 11) is 0. The second-order valence-electron chi connectivity index (χ2n) is 7.82. The summed E-state index contributed by atoms with van der Waals surface area (Å²) in [5, 5.41) is 0. The van der Waals surface area contributed by atoms with E-state index in [0.717, 1.165) is 37.1 Å². The number of benzene rings is 1. The third kappa shape index (κ3) is 3.87. The SMILES string of the molecule is Cc1cc(C2CCC2)oc(=O)c1C(=O)N1CCN(Cc2ccc(F)cc2)CC1. The summed E-state index contributed by atoms with van der Waals surface area (Å²) < 4.78 is 18.5. The van der Waals surface area contributed by atoms with Crippen LogP contribution in [0.25, 0.3) is 0 Å². The number of hydrogen-bond donors (Lipinski definition) is 0. The van der Waals surface area contributed by atoms with Gasteiger partial charge in [0.1, 0.15) is 17.1 Å². The van der Waals surface area contributed by atoms with Crippen LogP contribution >= 0.6 is 0 Å². The zero-order valence-electron chi connectivity index (χ0n) is 16.1. The van der Waals surface area contributed by atoms with Gasteiger partial charge in [0.25, 0.3) is 5.91 Å². The molecule has 6 heteroatoms. The van der Waals surface area contributed by atoms with Crippen molar-refractivity contribution in [3.63, 3.8) is 0 Å². The summed E-state index contributed by atoms with van der Waals surface area (Å²) in [6.07, 6.45) is 3.26. The lowest BCUT2D eigenvalue weighted by Gasteiger charge is -2.34. The molecule has 0 spiro atoms.